The Balaban J connectivity index is 2.95. The molecule has 0 saturated heterocycles. The molecule has 2 aromatic rings. The predicted molar refractivity (Wildman–Crippen MR) is 53.0 cm³/mol. The SMILES string of the molecule is Cc1nn2ccccc2c1S(=O)(=O)Cl. The van der Waals surface area contributed by atoms with Gasteiger partial charge in [-0.05, 0) is 19.1 Å². The molecule has 0 unspecified atom stereocenters. The first kappa shape index (κ1) is 9.48. The fourth-order valence-electron chi connectivity index (χ4n) is 1.40. The Kier molecular flexibility index (Phi) is 2.01. The van der Waals surface area contributed by atoms with Crippen LogP contribution in [0.2, 0.25) is 0 Å². The third-order valence-electron chi connectivity index (χ3n) is 1.90. The molecule has 0 atom stereocenters. The number of nitrogens with zero attached hydrogens (tertiary/aromatic N) is 2. The lowest BCUT2D eigenvalue weighted by Crippen LogP contribution is -1.91. The average molecular weight is 231 g/mol. The van der Waals surface area contributed by atoms with Crippen LogP contribution in [0.3, 0.4) is 0 Å². The number of fused-ring (bicyclic) bond motifs is 1. The van der Waals surface area contributed by atoms with Crippen molar-refractivity contribution in [3.05, 3.63) is 30.1 Å². The van der Waals surface area contributed by atoms with Gasteiger partial charge in [0.15, 0.2) is 0 Å². The van der Waals surface area contributed by atoms with Gasteiger partial charge in [0.25, 0.3) is 9.05 Å². The molecular weight excluding hydrogens is 224 g/mol. The molecule has 2 rings (SSSR count). The number of aryl methyl sites for hydroxylation is 1. The van der Waals surface area contributed by atoms with Crippen molar-refractivity contribution in [1.29, 1.82) is 0 Å². The molecule has 0 bridgehead atoms. The first-order chi connectivity index (χ1) is 6.50. The van der Waals surface area contributed by atoms with E-state index in [0.29, 0.717) is 11.2 Å². The van der Waals surface area contributed by atoms with Crippen molar-refractivity contribution in [1.82, 2.24) is 9.61 Å². The molecule has 0 radical (unpaired) electrons. The van der Waals surface area contributed by atoms with Crippen molar-refractivity contribution in [3.8, 4) is 0 Å². The molecule has 74 valence electrons. The van der Waals surface area contributed by atoms with Crippen molar-refractivity contribution >= 4 is 25.2 Å². The highest BCUT2D eigenvalue weighted by Crippen LogP contribution is 2.23. The summed E-state index contributed by atoms with van der Waals surface area (Å²) in [6, 6.07) is 5.17. The third-order valence-corrected chi connectivity index (χ3v) is 3.36. The molecule has 0 spiro atoms. The summed E-state index contributed by atoms with van der Waals surface area (Å²) < 4.78 is 24.0. The molecule has 2 heterocycles. The number of hydrogen-bond acceptors (Lipinski definition) is 3. The Bertz CT molecular complexity index is 588. The first-order valence-electron chi connectivity index (χ1n) is 3.89. The molecule has 0 aliphatic carbocycles. The van der Waals surface area contributed by atoms with E-state index in [1.165, 1.54) is 4.52 Å². The lowest BCUT2D eigenvalue weighted by Gasteiger charge is -1.93. The minimum absolute atomic E-state index is 0.0831. The highest BCUT2D eigenvalue weighted by Gasteiger charge is 2.20. The lowest BCUT2D eigenvalue weighted by atomic mass is 10.4. The van der Waals surface area contributed by atoms with E-state index in [1.54, 1.807) is 31.3 Å². The predicted octanol–water partition coefficient (Wildman–Crippen LogP) is 1.57. The van der Waals surface area contributed by atoms with Gasteiger partial charge in [-0.1, -0.05) is 6.07 Å². The molecule has 14 heavy (non-hydrogen) atoms. The van der Waals surface area contributed by atoms with Crippen LogP contribution >= 0.6 is 10.7 Å². The monoisotopic (exact) mass is 230 g/mol. The summed E-state index contributed by atoms with van der Waals surface area (Å²) in [6.07, 6.45) is 1.67. The van der Waals surface area contributed by atoms with Crippen LogP contribution in [0.1, 0.15) is 5.69 Å². The summed E-state index contributed by atoms with van der Waals surface area (Å²) in [6.45, 7) is 1.61. The normalized spacial score (nSPS) is 12.1. The fraction of sp³-hybridized carbons (Fsp3) is 0.125. The zero-order valence-corrected chi connectivity index (χ0v) is 8.88. The van der Waals surface area contributed by atoms with Gasteiger partial charge in [0, 0.05) is 16.9 Å². The second-order valence-corrected chi connectivity index (χ2v) is 5.39. The molecule has 0 amide bonds. The minimum Gasteiger partial charge on any atom is -0.239 e. The van der Waals surface area contributed by atoms with Gasteiger partial charge in [-0.2, -0.15) is 5.10 Å². The van der Waals surface area contributed by atoms with Gasteiger partial charge in [-0.25, -0.2) is 12.9 Å². The van der Waals surface area contributed by atoms with E-state index < -0.39 is 9.05 Å². The number of pyridine rings is 1. The van der Waals surface area contributed by atoms with Gasteiger partial charge in [0.2, 0.25) is 0 Å². The fourth-order valence-corrected chi connectivity index (χ4v) is 2.77. The van der Waals surface area contributed by atoms with Crippen LogP contribution in [-0.2, 0) is 9.05 Å². The van der Waals surface area contributed by atoms with E-state index in [0.717, 1.165) is 0 Å². The van der Waals surface area contributed by atoms with E-state index in [9.17, 15) is 8.42 Å². The number of rotatable bonds is 1. The van der Waals surface area contributed by atoms with Gasteiger partial charge in [-0.3, -0.25) is 0 Å². The van der Waals surface area contributed by atoms with Gasteiger partial charge in [0.1, 0.15) is 4.90 Å². The van der Waals surface area contributed by atoms with E-state index in [1.807, 2.05) is 0 Å². The smallest absolute Gasteiger partial charge is 0.239 e. The van der Waals surface area contributed by atoms with E-state index in [4.69, 9.17) is 10.7 Å². The van der Waals surface area contributed by atoms with Crippen molar-refractivity contribution in [2.45, 2.75) is 11.8 Å². The Labute approximate surface area is 85.5 Å². The topological polar surface area (TPSA) is 51.4 Å². The average Bonchev–Trinajstić information content (AvgIpc) is 2.38. The van der Waals surface area contributed by atoms with Crippen LogP contribution < -0.4 is 0 Å². The zero-order chi connectivity index (χ0) is 10.3. The largest absolute Gasteiger partial charge is 0.265 e. The molecule has 0 aromatic carbocycles. The van der Waals surface area contributed by atoms with Crippen LogP contribution in [-0.4, -0.2) is 18.0 Å². The Hall–Kier alpha value is -1.07. The van der Waals surface area contributed by atoms with Gasteiger partial charge < -0.3 is 0 Å². The van der Waals surface area contributed by atoms with Crippen LogP contribution in [0.5, 0.6) is 0 Å². The Morgan fingerprint density at radius 3 is 2.79 bits per heavy atom. The third kappa shape index (κ3) is 1.38. The maximum absolute atomic E-state index is 11.2. The summed E-state index contributed by atoms with van der Waals surface area (Å²) in [5, 5.41) is 4.03. The molecule has 4 nitrogen and oxygen atoms in total. The van der Waals surface area contributed by atoms with Crippen LogP contribution in [0, 0.1) is 6.92 Å². The van der Waals surface area contributed by atoms with Crippen LogP contribution in [0.25, 0.3) is 5.52 Å². The van der Waals surface area contributed by atoms with Gasteiger partial charge in [-0.15, -0.1) is 0 Å². The van der Waals surface area contributed by atoms with Crippen molar-refractivity contribution < 1.29 is 8.42 Å². The molecule has 0 aliphatic heterocycles. The summed E-state index contributed by atoms with van der Waals surface area (Å²) in [4.78, 5) is 0.0831. The summed E-state index contributed by atoms with van der Waals surface area (Å²) in [7, 11) is 1.58. The summed E-state index contributed by atoms with van der Waals surface area (Å²) >= 11 is 0. The maximum Gasteiger partial charge on any atom is 0.265 e. The maximum atomic E-state index is 11.2. The van der Waals surface area contributed by atoms with E-state index in [-0.39, 0.29) is 4.90 Å². The van der Waals surface area contributed by atoms with Crippen molar-refractivity contribution in [3.63, 3.8) is 0 Å². The molecule has 6 heteroatoms. The van der Waals surface area contributed by atoms with Crippen molar-refractivity contribution in [2.75, 3.05) is 0 Å². The lowest BCUT2D eigenvalue weighted by molar-refractivity contribution is 0.610. The Morgan fingerprint density at radius 2 is 2.14 bits per heavy atom. The number of halogens is 1. The summed E-state index contributed by atoms with van der Waals surface area (Å²) in [5.41, 5.74) is 0.909. The standard InChI is InChI=1S/C8H7ClN2O2S/c1-6-8(14(9,12)13)7-4-2-3-5-11(7)10-6/h2-5H,1H3. The highest BCUT2D eigenvalue weighted by molar-refractivity contribution is 8.14. The van der Waals surface area contributed by atoms with Gasteiger partial charge >= 0.3 is 0 Å². The van der Waals surface area contributed by atoms with Gasteiger partial charge in [0.05, 0.1) is 11.2 Å². The minimum atomic E-state index is -3.73. The zero-order valence-electron chi connectivity index (χ0n) is 7.31. The Morgan fingerprint density at radius 1 is 1.43 bits per heavy atom. The first-order valence-corrected chi connectivity index (χ1v) is 6.20. The van der Waals surface area contributed by atoms with E-state index >= 15 is 0 Å². The number of hydrogen-bond donors (Lipinski definition) is 0. The molecule has 0 aliphatic rings. The van der Waals surface area contributed by atoms with Crippen LogP contribution in [0.4, 0.5) is 0 Å². The summed E-state index contributed by atoms with van der Waals surface area (Å²) in [5.74, 6) is 0. The molecule has 2 aromatic heterocycles. The molecule has 0 saturated carbocycles. The molecular formula is C8H7ClN2O2S. The van der Waals surface area contributed by atoms with Crippen molar-refractivity contribution in [2.24, 2.45) is 0 Å². The molecule has 0 N–H and O–H groups in total. The number of aromatic nitrogens is 2. The molecule has 0 fully saturated rings. The second kappa shape index (κ2) is 2.96. The van der Waals surface area contributed by atoms with E-state index in [2.05, 4.69) is 5.10 Å². The second-order valence-electron chi connectivity index (χ2n) is 2.88. The quantitative estimate of drug-likeness (QED) is 0.699. The highest BCUT2D eigenvalue weighted by atomic mass is 35.7. The van der Waals surface area contributed by atoms with Crippen LogP contribution in [0.15, 0.2) is 29.3 Å².